The number of hydrogen-bond donors (Lipinski definition) is 1. The van der Waals surface area contributed by atoms with Crippen LogP contribution in [0.2, 0.25) is 0 Å². The SMILES string of the molecule is COc1ccc(-n2cccc2CO)cc1. The van der Waals surface area contributed by atoms with Crippen molar-refractivity contribution in [2.75, 3.05) is 7.11 Å². The second-order valence-corrected chi connectivity index (χ2v) is 3.23. The zero-order chi connectivity index (χ0) is 10.7. The Bertz CT molecular complexity index is 431. The van der Waals surface area contributed by atoms with Gasteiger partial charge in [0.15, 0.2) is 0 Å². The molecule has 0 aliphatic carbocycles. The molecule has 0 spiro atoms. The van der Waals surface area contributed by atoms with E-state index in [2.05, 4.69) is 0 Å². The number of nitrogens with zero attached hydrogens (tertiary/aromatic N) is 1. The lowest BCUT2D eigenvalue weighted by molar-refractivity contribution is 0.274. The van der Waals surface area contributed by atoms with Gasteiger partial charge in [-0.3, -0.25) is 0 Å². The van der Waals surface area contributed by atoms with Gasteiger partial charge in [-0.05, 0) is 36.4 Å². The first-order chi connectivity index (χ1) is 7.35. The number of rotatable bonds is 3. The quantitative estimate of drug-likeness (QED) is 0.827. The lowest BCUT2D eigenvalue weighted by Gasteiger charge is -2.08. The minimum Gasteiger partial charge on any atom is -0.497 e. The van der Waals surface area contributed by atoms with Crippen LogP contribution in [0, 0.1) is 0 Å². The normalized spacial score (nSPS) is 10.3. The third-order valence-electron chi connectivity index (χ3n) is 2.35. The van der Waals surface area contributed by atoms with E-state index in [4.69, 9.17) is 9.84 Å². The summed E-state index contributed by atoms with van der Waals surface area (Å²) >= 11 is 0. The number of aliphatic hydroxyl groups excluding tert-OH is 1. The Hall–Kier alpha value is -1.74. The van der Waals surface area contributed by atoms with Gasteiger partial charge in [0.25, 0.3) is 0 Å². The van der Waals surface area contributed by atoms with Gasteiger partial charge in [0.1, 0.15) is 5.75 Å². The molecule has 0 radical (unpaired) electrons. The highest BCUT2D eigenvalue weighted by atomic mass is 16.5. The van der Waals surface area contributed by atoms with Crippen molar-refractivity contribution in [2.24, 2.45) is 0 Å². The van der Waals surface area contributed by atoms with Crippen LogP contribution in [0.4, 0.5) is 0 Å². The highest BCUT2D eigenvalue weighted by Crippen LogP contribution is 2.17. The standard InChI is InChI=1S/C12H13NO2/c1-15-12-6-4-10(5-7-12)13-8-2-3-11(13)9-14/h2-8,14H,9H2,1H3. The number of aromatic nitrogens is 1. The van der Waals surface area contributed by atoms with Gasteiger partial charge < -0.3 is 14.4 Å². The molecular formula is C12H13NO2. The van der Waals surface area contributed by atoms with Gasteiger partial charge in [0.2, 0.25) is 0 Å². The lowest BCUT2D eigenvalue weighted by atomic mass is 10.3. The van der Waals surface area contributed by atoms with Crippen molar-refractivity contribution in [2.45, 2.75) is 6.61 Å². The van der Waals surface area contributed by atoms with Gasteiger partial charge in [-0.15, -0.1) is 0 Å². The van der Waals surface area contributed by atoms with E-state index in [9.17, 15) is 0 Å². The summed E-state index contributed by atoms with van der Waals surface area (Å²) in [4.78, 5) is 0. The van der Waals surface area contributed by atoms with Crippen LogP contribution in [-0.4, -0.2) is 16.8 Å². The zero-order valence-electron chi connectivity index (χ0n) is 8.55. The van der Waals surface area contributed by atoms with Crippen molar-refractivity contribution < 1.29 is 9.84 Å². The molecule has 0 aliphatic rings. The highest BCUT2D eigenvalue weighted by molar-refractivity contribution is 5.39. The van der Waals surface area contributed by atoms with E-state index in [-0.39, 0.29) is 6.61 Å². The van der Waals surface area contributed by atoms with Crippen molar-refractivity contribution >= 4 is 0 Å². The van der Waals surface area contributed by atoms with Gasteiger partial charge in [-0.1, -0.05) is 0 Å². The van der Waals surface area contributed by atoms with E-state index in [1.165, 1.54) is 0 Å². The van der Waals surface area contributed by atoms with Crippen LogP contribution < -0.4 is 4.74 Å². The third kappa shape index (κ3) is 1.87. The molecule has 0 atom stereocenters. The molecule has 1 N–H and O–H groups in total. The highest BCUT2D eigenvalue weighted by Gasteiger charge is 2.01. The zero-order valence-corrected chi connectivity index (χ0v) is 8.55. The molecule has 0 fully saturated rings. The predicted octanol–water partition coefficient (Wildman–Crippen LogP) is 1.98. The van der Waals surface area contributed by atoms with Gasteiger partial charge in [-0.25, -0.2) is 0 Å². The van der Waals surface area contributed by atoms with E-state index in [0.29, 0.717) is 0 Å². The molecule has 78 valence electrons. The Morgan fingerprint density at radius 2 is 1.93 bits per heavy atom. The Morgan fingerprint density at radius 1 is 1.20 bits per heavy atom. The minimum atomic E-state index is 0.0407. The molecule has 1 heterocycles. The maximum Gasteiger partial charge on any atom is 0.119 e. The average Bonchev–Trinajstić information content (AvgIpc) is 2.77. The second-order valence-electron chi connectivity index (χ2n) is 3.23. The van der Waals surface area contributed by atoms with E-state index in [1.54, 1.807) is 7.11 Å². The van der Waals surface area contributed by atoms with Crippen LogP contribution in [0.15, 0.2) is 42.6 Å². The van der Waals surface area contributed by atoms with Crippen LogP contribution >= 0.6 is 0 Å². The minimum absolute atomic E-state index is 0.0407. The van der Waals surface area contributed by atoms with Gasteiger partial charge >= 0.3 is 0 Å². The van der Waals surface area contributed by atoms with Crippen LogP contribution in [0.1, 0.15) is 5.69 Å². The molecule has 0 amide bonds. The summed E-state index contributed by atoms with van der Waals surface area (Å²) in [5.74, 6) is 0.830. The predicted molar refractivity (Wildman–Crippen MR) is 58.2 cm³/mol. The maximum atomic E-state index is 9.12. The topological polar surface area (TPSA) is 34.4 Å². The first-order valence-electron chi connectivity index (χ1n) is 4.76. The molecule has 3 nitrogen and oxygen atoms in total. The van der Waals surface area contributed by atoms with Crippen molar-refractivity contribution in [1.29, 1.82) is 0 Å². The third-order valence-corrected chi connectivity index (χ3v) is 2.35. The van der Waals surface area contributed by atoms with Gasteiger partial charge in [-0.2, -0.15) is 0 Å². The Kier molecular flexibility index (Phi) is 2.74. The molecule has 1 aromatic carbocycles. The molecule has 1 aromatic heterocycles. The summed E-state index contributed by atoms with van der Waals surface area (Å²) in [5, 5.41) is 9.12. The summed E-state index contributed by atoms with van der Waals surface area (Å²) in [5.41, 5.74) is 1.89. The number of methoxy groups -OCH3 is 1. The summed E-state index contributed by atoms with van der Waals surface area (Å²) in [6.07, 6.45) is 1.92. The Labute approximate surface area is 88.5 Å². The van der Waals surface area contributed by atoms with E-state index in [1.807, 2.05) is 47.2 Å². The molecule has 2 rings (SSSR count). The lowest BCUT2D eigenvalue weighted by Crippen LogP contribution is -1.98. The number of benzene rings is 1. The van der Waals surface area contributed by atoms with Crippen molar-refractivity contribution in [3.63, 3.8) is 0 Å². The second kappa shape index (κ2) is 4.19. The molecule has 0 unspecified atom stereocenters. The smallest absolute Gasteiger partial charge is 0.119 e. The molecule has 2 aromatic rings. The molecular weight excluding hydrogens is 190 g/mol. The molecule has 15 heavy (non-hydrogen) atoms. The number of hydrogen-bond acceptors (Lipinski definition) is 2. The summed E-state index contributed by atoms with van der Waals surface area (Å²) in [7, 11) is 1.64. The van der Waals surface area contributed by atoms with Crippen LogP contribution in [0.3, 0.4) is 0 Å². The van der Waals surface area contributed by atoms with Gasteiger partial charge in [0.05, 0.1) is 13.7 Å². The van der Waals surface area contributed by atoms with E-state index >= 15 is 0 Å². The first kappa shape index (κ1) is 9.80. The largest absolute Gasteiger partial charge is 0.497 e. The fourth-order valence-electron chi connectivity index (χ4n) is 1.54. The van der Waals surface area contributed by atoms with E-state index in [0.717, 1.165) is 17.1 Å². The van der Waals surface area contributed by atoms with Crippen LogP contribution in [0.5, 0.6) is 5.75 Å². The van der Waals surface area contributed by atoms with Crippen LogP contribution in [-0.2, 0) is 6.61 Å². The summed E-state index contributed by atoms with van der Waals surface area (Å²) in [6, 6.07) is 11.5. The first-order valence-corrected chi connectivity index (χ1v) is 4.76. The van der Waals surface area contributed by atoms with Crippen molar-refractivity contribution in [3.8, 4) is 11.4 Å². The Morgan fingerprint density at radius 3 is 2.53 bits per heavy atom. The number of ether oxygens (including phenoxy) is 1. The molecule has 0 saturated carbocycles. The molecule has 3 heteroatoms. The summed E-state index contributed by atoms with van der Waals surface area (Å²) < 4.78 is 7.03. The van der Waals surface area contributed by atoms with Crippen molar-refractivity contribution in [3.05, 3.63) is 48.3 Å². The average molecular weight is 203 g/mol. The van der Waals surface area contributed by atoms with E-state index < -0.39 is 0 Å². The molecule has 0 bridgehead atoms. The van der Waals surface area contributed by atoms with Crippen molar-refractivity contribution in [1.82, 2.24) is 4.57 Å². The fourth-order valence-corrected chi connectivity index (χ4v) is 1.54. The molecule has 0 aliphatic heterocycles. The number of aliphatic hydroxyl groups is 1. The Balaban J connectivity index is 2.37. The maximum absolute atomic E-state index is 9.12. The fraction of sp³-hybridized carbons (Fsp3) is 0.167. The summed E-state index contributed by atoms with van der Waals surface area (Å²) in [6.45, 7) is 0.0407. The van der Waals surface area contributed by atoms with Crippen LogP contribution in [0.25, 0.3) is 5.69 Å². The van der Waals surface area contributed by atoms with Gasteiger partial charge in [0, 0.05) is 17.6 Å². The monoisotopic (exact) mass is 203 g/mol. The molecule has 0 saturated heterocycles.